The van der Waals surface area contributed by atoms with Crippen LogP contribution in [-0.2, 0) is 6.42 Å². The van der Waals surface area contributed by atoms with E-state index in [2.05, 4.69) is 47.6 Å². The summed E-state index contributed by atoms with van der Waals surface area (Å²) in [7, 11) is 0. The molecule has 0 aliphatic carbocycles. The van der Waals surface area contributed by atoms with Gasteiger partial charge in [-0.1, -0.05) is 53.6 Å². The second-order valence-corrected chi connectivity index (χ2v) is 7.81. The fraction of sp³-hybridized carbons (Fsp3) is 0.143. The number of amides is 1. The Labute approximate surface area is 188 Å². The van der Waals surface area contributed by atoms with Crippen LogP contribution in [0.5, 0.6) is 5.75 Å². The molecule has 4 heteroatoms. The van der Waals surface area contributed by atoms with Gasteiger partial charge in [0.25, 0.3) is 5.91 Å². The van der Waals surface area contributed by atoms with Crippen molar-refractivity contribution < 1.29 is 9.53 Å². The van der Waals surface area contributed by atoms with Gasteiger partial charge < -0.3 is 10.1 Å². The van der Waals surface area contributed by atoms with Crippen LogP contribution >= 0.6 is 0 Å². The van der Waals surface area contributed by atoms with E-state index in [1.54, 1.807) is 6.20 Å². The number of aryl methyl sites for hydroxylation is 2. The Morgan fingerprint density at radius 2 is 1.62 bits per heavy atom. The lowest BCUT2D eigenvalue weighted by Gasteiger charge is -2.12. The number of nitrogens with one attached hydrogen (secondary N) is 1. The van der Waals surface area contributed by atoms with Gasteiger partial charge in [0.2, 0.25) is 0 Å². The van der Waals surface area contributed by atoms with E-state index in [0.717, 1.165) is 40.2 Å². The molecule has 1 amide bonds. The summed E-state index contributed by atoms with van der Waals surface area (Å²) >= 11 is 0. The van der Waals surface area contributed by atoms with E-state index < -0.39 is 0 Å². The second-order valence-electron chi connectivity index (χ2n) is 7.81. The van der Waals surface area contributed by atoms with Crippen molar-refractivity contribution in [3.63, 3.8) is 0 Å². The van der Waals surface area contributed by atoms with Crippen LogP contribution in [-0.4, -0.2) is 17.5 Å². The molecule has 1 aromatic heterocycles. The summed E-state index contributed by atoms with van der Waals surface area (Å²) in [6.45, 7) is 4.64. The normalized spacial score (nSPS) is 10.6. The van der Waals surface area contributed by atoms with Crippen molar-refractivity contribution in [1.82, 2.24) is 4.98 Å². The molecule has 0 bridgehead atoms. The molecule has 0 fully saturated rings. The van der Waals surface area contributed by atoms with Gasteiger partial charge in [-0.3, -0.25) is 9.78 Å². The van der Waals surface area contributed by atoms with Crippen molar-refractivity contribution >= 4 is 11.6 Å². The van der Waals surface area contributed by atoms with E-state index in [9.17, 15) is 4.79 Å². The van der Waals surface area contributed by atoms with Crippen molar-refractivity contribution in [2.45, 2.75) is 20.3 Å². The van der Waals surface area contributed by atoms with Crippen LogP contribution < -0.4 is 10.1 Å². The Kier molecular flexibility index (Phi) is 6.61. The number of ether oxygens (including phenoxy) is 1. The number of nitrogens with zero attached hydrogens (tertiary/aromatic N) is 1. The van der Waals surface area contributed by atoms with Gasteiger partial charge in [0.15, 0.2) is 0 Å². The minimum atomic E-state index is -0.135. The standard InChI is InChI=1S/C28H26N2O2/c1-20-6-9-22(10-7-20)27-19-21(2)8-15-26(27)28(31)30-24-11-13-25(14-12-24)32-18-16-23-5-3-4-17-29-23/h3-15,17,19H,16,18H2,1-2H3,(H,30,31). The van der Waals surface area contributed by atoms with Gasteiger partial charge in [0, 0.05) is 29.6 Å². The number of carbonyl (C=O) groups excluding carboxylic acids is 1. The van der Waals surface area contributed by atoms with E-state index in [-0.39, 0.29) is 5.91 Å². The molecule has 4 aromatic rings. The molecule has 0 saturated heterocycles. The molecule has 0 atom stereocenters. The van der Waals surface area contributed by atoms with Crippen LogP contribution in [0.3, 0.4) is 0 Å². The molecule has 0 radical (unpaired) electrons. The summed E-state index contributed by atoms with van der Waals surface area (Å²) in [5.41, 5.74) is 6.63. The highest BCUT2D eigenvalue weighted by atomic mass is 16.5. The van der Waals surface area contributed by atoms with Crippen LogP contribution in [0, 0.1) is 13.8 Å². The molecular weight excluding hydrogens is 396 g/mol. The van der Waals surface area contributed by atoms with E-state index in [1.807, 2.05) is 61.5 Å². The molecule has 1 N–H and O–H groups in total. The second kappa shape index (κ2) is 9.92. The molecule has 4 rings (SSSR count). The largest absolute Gasteiger partial charge is 0.493 e. The fourth-order valence-corrected chi connectivity index (χ4v) is 3.48. The molecule has 32 heavy (non-hydrogen) atoms. The van der Waals surface area contributed by atoms with Crippen molar-refractivity contribution in [2.75, 3.05) is 11.9 Å². The maximum absolute atomic E-state index is 13.1. The van der Waals surface area contributed by atoms with Crippen LogP contribution in [0.25, 0.3) is 11.1 Å². The Hall–Kier alpha value is -3.92. The van der Waals surface area contributed by atoms with Gasteiger partial charge >= 0.3 is 0 Å². The van der Waals surface area contributed by atoms with E-state index >= 15 is 0 Å². The topological polar surface area (TPSA) is 51.2 Å². The molecule has 0 aliphatic heterocycles. The van der Waals surface area contributed by atoms with Crippen molar-refractivity contribution in [3.05, 3.63) is 114 Å². The summed E-state index contributed by atoms with van der Waals surface area (Å²) in [5.74, 6) is 0.624. The highest BCUT2D eigenvalue weighted by Gasteiger charge is 2.13. The Balaban J connectivity index is 1.42. The van der Waals surface area contributed by atoms with Crippen LogP contribution in [0.1, 0.15) is 27.2 Å². The van der Waals surface area contributed by atoms with E-state index in [0.29, 0.717) is 12.2 Å². The van der Waals surface area contributed by atoms with Gasteiger partial charge in [-0.15, -0.1) is 0 Å². The lowest BCUT2D eigenvalue weighted by Crippen LogP contribution is -2.13. The first kappa shape index (κ1) is 21.3. The summed E-state index contributed by atoms with van der Waals surface area (Å²) in [5, 5.41) is 3.00. The first-order chi connectivity index (χ1) is 15.6. The maximum atomic E-state index is 13.1. The van der Waals surface area contributed by atoms with E-state index in [1.165, 1.54) is 5.56 Å². The smallest absolute Gasteiger partial charge is 0.256 e. The molecule has 1 heterocycles. The number of anilines is 1. The third-order valence-electron chi connectivity index (χ3n) is 5.25. The Morgan fingerprint density at radius 1 is 0.875 bits per heavy atom. The zero-order valence-corrected chi connectivity index (χ0v) is 18.3. The van der Waals surface area contributed by atoms with Crippen LogP contribution in [0.15, 0.2) is 91.1 Å². The molecule has 4 nitrogen and oxygen atoms in total. The van der Waals surface area contributed by atoms with Crippen LogP contribution in [0.4, 0.5) is 5.69 Å². The van der Waals surface area contributed by atoms with Crippen molar-refractivity contribution in [2.24, 2.45) is 0 Å². The van der Waals surface area contributed by atoms with Gasteiger partial charge in [0.05, 0.1) is 6.61 Å². The number of aromatic nitrogens is 1. The summed E-state index contributed by atoms with van der Waals surface area (Å²) in [4.78, 5) is 17.3. The number of pyridine rings is 1. The van der Waals surface area contributed by atoms with Gasteiger partial charge in [-0.2, -0.15) is 0 Å². The predicted octanol–water partition coefficient (Wildman–Crippen LogP) is 6.24. The molecule has 3 aromatic carbocycles. The average Bonchev–Trinajstić information content (AvgIpc) is 2.81. The average molecular weight is 423 g/mol. The first-order valence-electron chi connectivity index (χ1n) is 10.7. The number of hydrogen-bond donors (Lipinski definition) is 1. The monoisotopic (exact) mass is 422 g/mol. The van der Waals surface area contributed by atoms with Crippen LogP contribution in [0.2, 0.25) is 0 Å². The minimum absolute atomic E-state index is 0.135. The number of carbonyl (C=O) groups is 1. The molecule has 0 unspecified atom stereocenters. The van der Waals surface area contributed by atoms with Gasteiger partial charge in [0.1, 0.15) is 5.75 Å². The lowest BCUT2D eigenvalue weighted by molar-refractivity contribution is 0.102. The maximum Gasteiger partial charge on any atom is 0.256 e. The SMILES string of the molecule is Cc1ccc(-c2cc(C)ccc2C(=O)Nc2ccc(OCCc3ccccn3)cc2)cc1. The fourth-order valence-electron chi connectivity index (χ4n) is 3.48. The van der Waals surface area contributed by atoms with Gasteiger partial charge in [-0.05, 0) is 67.4 Å². The third kappa shape index (κ3) is 5.41. The number of hydrogen-bond acceptors (Lipinski definition) is 3. The zero-order valence-electron chi connectivity index (χ0n) is 18.3. The summed E-state index contributed by atoms with van der Waals surface area (Å²) < 4.78 is 5.80. The number of rotatable bonds is 7. The molecule has 0 spiro atoms. The van der Waals surface area contributed by atoms with Gasteiger partial charge in [-0.25, -0.2) is 0 Å². The Bertz CT molecular complexity index is 1180. The van der Waals surface area contributed by atoms with Crippen molar-refractivity contribution in [3.8, 4) is 16.9 Å². The predicted molar refractivity (Wildman–Crippen MR) is 129 cm³/mol. The molecule has 0 saturated carbocycles. The molecule has 160 valence electrons. The molecule has 0 aliphatic rings. The van der Waals surface area contributed by atoms with E-state index in [4.69, 9.17) is 4.74 Å². The molecular formula is C28H26N2O2. The Morgan fingerprint density at radius 3 is 2.34 bits per heavy atom. The highest BCUT2D eigenvalue weighted by Crippen LogP contribution is 2.27. The summed E-state index contributed by atoms with van der Waals surface area (Å²) in [6.07, 6.45) is 2.53. The quantitative estimate of drug-likeness (QED) is 0.384. The first-order valence-corrected chi connectivity index (χ1v) is 10.7. The lowest BCUT2D eigenvalue weighted by atomic mass is 9.96. The minimum Gasteiger partial charge on any atom is -0.493 e. The zero-order chi connectivity index (χ0) is 22.3. The highest BCUT2D eigenvalue weighted by molar-refractivity contribution is 6.08. The number of benzene rings is 3. The summed E-state index contributed by atoms with van der Waals surface area (Å²) in [6, 6.07) is 27.4. The van der Waals surface area contributed by atoms with Crippen molar-refractivity contribution in [1.29, 1.82) is 0 Å². The third-order valence-corrected chi connectivity index (χ3v) is 5.25.